The van der Waals surface area contributed by atoms with Gasteiger partial charge in [0.05, 0.1) is 6.54 Å². The number of anilines is 1. The first-order chi connectivity index (χ1) is 10.9. The van der Waals surface area contributed by atoms with Crippen molar-refractivity contribution < 1.29 is 23.9 Å². The summed E-state index contributed by atoms with van der Waals surface area (Å²) in [4.78, 5) is 37.8. The maximum absolute atomic E-state index is 14.0. The molecular formula is C16H17FN2O4. The first-order valence-electron chi connectivity index (χ1n) is 7.53. The van der Waals surface area contributed by atoms with Crippen LogP contribution in [0.1, 0.15) is 29.6 Å². The van der Waals surface area contributed by atoms with Crippen molar-refractivity contribution in [3.05, 3.63) is 29.8 Å². The lowest BCUT2D eigenvalue weighted by Gasteiger charge is -2.19. The molecule has 6 nitrogen and oxygen atoms in total. The molecule has 2 aliphatic heterocycles. The number of amides is 2. The Balaban J connectivity index is 1.71. The van der Waals surface area contributed by atoms with Crippen LogP contribution in [0.3, 0.4) is 0 Å². The number of carbonyl (C=O) groups is 3. The summed E-state index contributed by atoms with van der Waals surface area (Å²) >= 11 is 0. The van der Waals surface area contributed by atoms with Crippen LogP contribution >= 0.6 is 0 Å². The van der Waals surface area contributed by atoms with Crippen LogP contribution in [0.5, 0.6) is 0 Å². The maximum atomic E-state index is 14.0. The number of hydrogen-bond donors (Lipinski definition) is 1. The van der Waals surface area contributed by atoms with Gasteiger partial charge < -0.3 is 14.9 Å². The van der Waals surface area contributed by atoms with Gasteiger partial charge in [0.15, 0.2) is 0 Å². The van der Waals surface area contributed by atoms with E-state index in [1.165, 1.54) is 4.90 Å². The number of hydrogen-bond acceptors (Lipinski definition) is 3. The minimum atomic E-state index is -2.36. The Bertz CT molecular complexity index is 661. The lowest BCUT2D eigenvalue weighted by molar-refractivity contribution is -0.149. The monoisotopic (exact) mass is 320 g/mol. The molecule has 1 aromatic rings. The van der Waals surface area contributed by atoms with Gasteiger partial charge in [-0.1, -0.05) is 0 Å². The molecule has 7 heteroatoms. The minimum Gasteiger partial charge on any atom is -0.479 e. The maximum Gasteiger partial charge on any atom is 0.343 e. The van der Waals surface area contributed by atoms with Crippen LogP contribution < -0.4 is 4.90 Å². The molecule has 1 atom stereocenters. The van der Waals surface area contributed by atoms with Crippen LogP contribution in [0.15, 0.2) is 24.3 Å². The second kappa shape index (κ2) is 5.64. The fourth-order valence-corrected chi connectivity index (χ4v) is 3.01. The lowest BCUT2D eigenvalue weighted by Crippen LogP contribution is -2.38. The molecule has 3 rings (SSSR count). The van der Waals surface area contributed by atoms with Gasteiger partial charge in [0.1, 0.15) is 0 Å². The van der Waals surface area contributed by atoms with Gasteiger partial charge in [-0.3, -0.25) is 9.59 Å². The average molecular weight is 320 g/mol. The molecule has 2 amide bonds. The predicted octanol–water partition coefficient (Wildman–Crippen LogP) is 1.45. The van der Waals surface area contributed by atoms with Crippen molar-refractivity contribution in [3.63, 3.8) is 0 Å². The van der Waals surface area contributed by atoms with Gasteiger partial charge in [-0.25, -0.2) is 9.18 Å². The fourth-order valence-electron chi connectivity index (χ4n) is 3.01. The van der Waals surface area contributed by atoms with Crippen molar-refractivity contribution in [1.82, 2.24) is 4.90 Å². The molecule has 122 valence electrons. The fraction of sp³-hybridized carbons (Fsp3) is 0.438. The molecule has 0 radical (unpaired) electrons. The second-order valence-electron chi connectivity index (χ2n) is 5.94. The lowest BCUT2D eigenvalue weighted by atomic mass is 10.1. The Kier molecular flexibility index (Phi) is 3.79. The molecule has 0 aromatic heterocycles. The van der Waals surface area contributed by atoms with Crippen LogP contribution in [-0.2, 0) is 9.59 Å². The topological polar surface area (TPSA) is 77.9 Å². The summed E-state index contributed by atoms with van der Waals surface area (Å²) in [7, 11) is 0. The summed E-state index contributed by atoms with van der Waals surface area (Å²) in [6.07, 6.45) is 1.15. The van der Waals surface area contributed by atoms with E-state index >= 15 is 0 Å². The zero-order chi connectivity index (χ0) is 16.6. The molecule has 0 saturated carbocycles. The van der Waals surface area contributed by atoms with Crippen LogP contribution in [0.25, 0.3) is 0 Å². The summed E-state index contributed by atoms with van der Waals surface area (Å²) in [5.74, 6) is -1.87. The number of nitrogens with zero attached hydrogens (tertiary/aromatic N) is 2. The van der Waals surface area contributed by atoms with Gasteiger partial charge in [-0.05, 0) is 30.7 Å². The normalized spacial score (nSPS) is 24.3. The van der Waals surface area contributed by atoms with Crippen LogP contribution in [0.2, 0.25) is 0 Å². The number of benzene rings is 1. The van der Waals surface area contributed by atoms with Gasteiger partial charge in [0.2, 0.25) is 11.6 Å². The third-order valence-electron chi connectivity index (χ3n) is 4.39. The average Bonchev–Trinajstić information content (AvgIpc) is 3.14. The van der Waals surface area contributed by atoms with E-state index in [9.17, 15) is 18.8 Å². The van der Waals surface area contributed by atoms with E-state index in [-0.39, 0.29) is 18.9 Å². The van der Waals surface area contributed by atoms with Crippen molar-refractivity contribution in [2.75, 3.05) is 24.5 Å². The Morgan fingerprint density at radius 2 is 1.87 bits per heavy atom. The SMILES string of the molecule is O=C(c1ccc(N2CCCC2=O)cc1)N1CCC(F)(C(=O)O)C1. The number of carboxylic acids is 1. The van der Waals surface area contributed by atoms with E-state index in [2.05, 4.69) is 0 Å². The van der Waals surface area contributed by atoms with Crippen molar-refractivity contribution in [2.45, 2.75) is 24.9 Å². The first-order valence-corrected chi connectivity index (χ1v) is 7.53. The summed E-state index contributed by atoms with van der Waals surface area (Å²) in [5.41, 5.74) is -1.27. The van der Waals surface area contributed by atoms with E-state index < -0.39 is 24.1 Å². The first kappa shape index (κ1) is 15.5. The van der Waals surface area contributed by atoms with Crippen LogP contribution in [0, 0.1) is 0 Å². The Labute approximate surface area is 132 Å². The molecule has 23 heavy (non-hydrogen) atoms. The molecule has 1 N–H and O–H groups in total. The van der Waals surface area contributed by atoms with Gasteiger partial charge >= 0.3 is 5.97 Å². The highest BCUT2D eigenvalue weighted by Crippen LogP contribution is 2.28. The number of aliphatic carboxylic acids is 1. The number of alkyl halides is 1. The molecule has 0 aliphatic carbocycles. The zero-order valence-corrected chi connectivity index (χ0v) is 12.5. The summed E-state index contributed by atoms with van der Waals surface area (Å²) in [5, 5.41) is 8.87. The molecule has 1 unspecified atom stereocenters. The Morgan fingerprint density at radius 1 is 1.17 bits per heavy atom. The van der Waals surface area contributed by atoms with Crippen molar-refractivity contribution in [3.8, 4) is 0 Å². The summed E-state index contributed by atoms with van der Waals surface area (Å²) in [6.45, 7) is 0.308. The molecule has 0 spiro atoms. The summed E-state index contributed by atoms with van der Waals surface area (Å²) in [6, 6.07) is 6.55. The number of rotatable bonds is 3. The van der Waals surface area contributed by atoms with Gasteiger partial charge in [0, 0.05) is 37.2 Å². The molecular weight excluding hydrogens is 303 g/mol. The largest absolute Gasteiger partial charge is 0.479 e. The Morgan fingerprint density at radius 3 is 2.39 bits per heavy atom. The van der Waals surface area contributed by atoms with Crippen molar-refractivity contribution in [2.24, 2.45) is 0 Å². The molecule has 2 aliphatic rings. The van der Waals surface area contributed by atoms with Gasteiger partial charge in [0.25, 0.3) is 5.91 Å². The number of carbonyl (C=O) groups excluding carboxylic acids is 2. The van der Waals surface area contributed by atoms with E-state index in [0.717, 1.165) is 12.1 Å². The quantitative estimate of drug-likeness (QED) is 0.914. The molecule has 2 fully saturated rings. The molecule has 2 heterocycles. The number of carboxylic acid groups (broad SMARTS) is 1. The highest BCUT2D eigenvalue weighted by atomic mass is 19.1. The highest BCUT2D eigenvalue weighted by Gasteiger charge is 2.46. The summed E-state index contributed by atoms with van der Waals surface area (Å²) < 4.78 is 14.0. The van der Waals surface area contributed by atoms with Crippen LogP contribution in [0.4, 0.5) is 10.1 Å². The standard InChI is InChI=1S/C16H17FN2O4/c17-16(15(22)23)7-9-18(10-16)14(21)11-3-5-12(6-4-11)19-8-1-2-13(19)20/h3-6H,1-2,7-10H2,(H,22,23). The molecule has 0 bridgehead atoms. The zero-order valence-electron chi connectivity index (χ0n) is 12.5. The second-order valence-corrected chi connectivity index (χ2v) is 5.94. The molecule has 1 aromatic carbocycles. The third-order valence-corrected chi connectivity index (χ3v) is 4.39. The van der Waals surface area contributed by atoms with Gasteiger partial charge in [-0.2, -0.15) is 0 Å². The van der Waals surface area contributed by atoms with Crippen molar-refractivity contribution in [1.29, 1.82) is 0 Å². The number of halogens is 1. The van der Waals surface area contributed by atoms with E-state index in [1.807, 2.05) is 0 Å². The minimum absolute atomic E-state index is 0.0623. The van der Waals surface area contributed by atoms with Gasteiger partial charge in [-0.15, -0.1) is 0 Å². The third kappa shape index (κ3) is 2.78. The number of likely N-dealkylation sites (tertiary alicyclic amines) is 1. The van der Waals surface area contributed by atoms with E-state index in [1.54, 1.807) is 29.2 Å². The molecule has 2 saturated heterocycles. The van der Waals surface area contributed by atoms with E-state index in [0.29, 0.717) is 18.5 Å². The van der Waals surface area contributed by atoms with Crippen LogP contribution in [-0.4, -0.2) is 53.1 Å². The van der Waals surface area contributed by atoms with Crippen molar-refractivity contribution >= 4 is 23.5 Å². The smallest absolute Gasteiger partial charge is 0.343 e. The predicted molar refractivity (Wildman–Crippen MR) is 80.0 cm³/mol. The van der Waals surface area contributed by atoms with E-state index in [4.69, 9.17) is 5.11 Å². The highest BCUT2D eigenvalue weighted by molar-refractivity contribution is 5.98. The Hall–Kier alpha value is -2.44.